The molecule has 2 N–H and O–H groups in total. The summed E-state index contributed by atoms with van der Waals surface area (Å²) in [5, 5.41) is 2.44. The Morgan fingerprint density at radius 2 is 1.91 bits per heavy atom. The third-order valence-electron chi connectivity index (χ3n) is 3.03. The Balaban J connectivity index is 2.73. The fraction of sp³-hybridized carbons (Fsp3) is 0.467. The smallest absolute Gasteiger partial charge is 0.328 e. The molecule has 0 saturated carbocycles. The third kappa shape index (κ3) is 7.75. The Kier molecular flexibility index (Phi) is 7.70. The van der Waals surface area contributed by atoms with Crippen molar-refractivity contribution in [3.8, 4) is 0 Å². The molecule has 0 aliphatic heterocycles. The Morgan fingerprint density at radius 3 is 2.48 bits per heavy atom. The second kappa shape index (κ2) is 9.26. The molecular weight excluding hydrogens is 322 g/mol. The summed E-state index contributed by atoms with van der Waals surface area (Å²) in [5.41, 5.74) is 0.339. The lowest BCUT2D eigenvalue weighted by Crippen LogP contribution is -2.43. The van der Waals surface area contributed by atoms with E-state index in [0.717, 1.165) is 6.42 Å². The van der Waals surface area contributed by atoms with E-state index in [1.54, 1.807) is 30.3 Å². The van der Waals surface area contributed by atoms with Gasteiger partial charge < -0.3 is 10.1 Å². The van der Waals surface area contributed by atoms with Gasteiger partial charge in [-0.2, -0.15) is 8.42 Å². The van der Waals surface area contributed by atoms with E-state index in [0.29, 0.717) is 12.0 Å². The van der Waals surface area contributed by atoms with Gasteiger partial charge in [0.1, 0.15) is 6.04 Å². The molecular formula is C15H21NO6S. The molecule has 8 heteroatoms. The molecule has 1 rings (SSSR count). The second-order valence-electron chi connectivity index (χ2n) is 4.99. The van der Waals surface area contributed by atoms with E-state index < -0.39 is 33.8 Å². The van der Waals surface area contributed by atoms with Crippen LogP contribution in [-0.2, 0) is 19.6 Å². The highest BCUT2D eigenvalue weighted by molar-refractivity contribution is 7.85. The fourth-order valence-corrected chi connectivity index (χ4v) is 2.30. The van der Waals surface area contributed by atoms with E-state index >= 15 is 0 Å². The Hall–Kier alpha value is -1.93. The second-order valence-corrected chi connectivity index (χ2v) is 6.56. The van der Waals surface area contributed by atoms with Gasteiger partial charge >= 0.3 is 5.97 Å². The zero-order chi connectivity index (χ0) is 17.3. The molecule has 1 aromatic carbocycles. The molecule has 0 saturated heterocycles. The van der Waals surface area contributed by atoms with Crippen molar-refractivity contribution in [2.45, 2.75) is 32.2 Å². The molecule has 0 bridgehead atoms. The first-order valence-corrected chi connectivity index (χ1v) is 8.92. The molecule has 1 amide bonds. The fourth-order valence-electron chi connectivity index (χ4n) is 1.76. The van der Waals surface area contributed by atoms with Gasteiger partial charge in [0.05, 0.1) is 12.4 Å². The van der Waals surface area contributed by atoms with Crippen LogP contribution in [0.4, 0.5) is 0 Å². The van der Waals surface area contributed by atoms with Gasteiger partial charge in [-0.25, -0.2) is 4.79 Å². The summed E-state index contributed by atoms with van der Waals surface area (Å²) in [6, 6.07) is 7.07. The van der Waals surface area contributed by atoms with Gasteiger partial charge in [-0.1, -0.05) is 31.5 Å². The van der Waals surface area contributed by atoms with E-state index in [1.807, 2.05) is 6.92 Å². The summed E-state index contributed by atoms with van der Waals surface area (Å²) in [7, 11) is -4.24. The van der Waals surface area contributed by atoms with E-state index in [9.17, 15) is 18.0 Å². The van der Waals surface area contributed by atoms with E-state index in [2.05, 4.69) is 5.32 Å². The van der Waals surface area contributed by atoms with Crippen LogP contribution in [0, 0.1) is 0 Å². The Bertz CT molecular complexity index is 614. The number of ether oxygens (including phenoxy) is 1. The molecule has 0 aliphatic carbocycles. The third-order valence-corrected chi connectivity index (χ3v) is 3.78. The normalized spacial score (nSPS) is 12.4. The van der Waals surface area contributed by atoms with Crippen LogP contribution in [0.3, 0.4) is 0 Å². The molecule has 0 heterocycles. The molecule has 0 radical (unpaired) electrons. The molecule has 7 nitrogen and oxygen atoms in total. The first kappa shape index (κ1) is 19.1. The number of hydrogen-bond acceptors (Lipinski definition) is 5. The number of benzene rings is 1. The van der Waals surface area contributed by atoms with Crippen molar-refractivity contribution in [1.82, 2.24) is 5.32 Å². The zero-order valence-electron chi connectivity index (χ0n) is 12.9. The highest BCUT2D eigenvalue weighted by Gasteiger charge is 2.24. The molecule has 128 valence electrons. The van der Waals surface area contributed by atoms with E-state index in [1.165, 1.54) is 0 Å². The number of nitrogens with one attached hydrogen (secondary N) is 1. The summed E-state index contributed by atoms with van der Waals surface area (Å²) < 4.78 is 35.6. The van der Waals surface area contributed by atoms with Gasteiger partial charge in [-0.15, -0.1) is 0 Å². The number of carbonyl (C=O) groups excluding carboxylic acids is 2. The van der Waals surface area contributed by atoms with Gasteiger partial charge in [0.2, 0.25) is 0 Å². The minimum Gasteiger partial charge on any atom is -0.464 e. The molecule has 0 fully saturated rings. The van der Waals surface area contributed by atoms with Crippen LogP contribution >= 0.6 is 0 Å². The monoisotopic (exact) mass is 343 g/mol. The van der Waals surface area contributed by atoms with Crippen molar-refractivity contribution < 1.29 is 27.3 Å². The number of hydrogen-bond donors (Lipinski definition) is 2. The molecule has 0 spiro atoms. The lowest BCUT2D eigenvalue weighted by Gasteiger charge is -2.17. The molecule has 0 aliphatic rings. The number of esters is 1. The average molecular weight is 343 g/mol. The number of rotatable bonds is 9. The number of amides is 1. The maximum atomic E-state index is 12.1. The van der Waals surface area contributed by atoms with Gasteiger partial charge in [0, 0.05) is 5.56 Å². The van der Waals surface area contributed by atoms with E-state index in [4.69, 9.17) is 9.29 Å². The summed E-state index contributed by atoms with van der Waals surface area (Å²) in [5.74, 6) is -1.87. The van der Waals surface area contributed by atoms with Crippen LogP contribution in [0.15, 0.2) is 30.3 Å². The lowest BCUT2D eigenvalue weighted by atomic mass is 10.1. The molecule has 1 atom stereocenters. The van der Waals surface area contributed by atoms with Crippen molar-refractivity contribution in [2.24, 2.45) is 0 Å². The first-order valence-electron chi connectivity index (χ1n) is 7.31. The summed E-state index contributed by atoms with van der Waals surface area (Å²) in [6.07, 6.45) is 1.24. The zero-order valence-corrected chi connectivity index (χ0v) is 13.7. The standard InChI is InChI=1S/C15H21NO6S/c1-2-3-10-22-15(18)13(9-11-23(19,20)21)16-14(17)12-7-5-4-6-8-12/h4-8,13H,2-3,9-11H2,1H3,(H,16,17)(H,19,20,21)/t13-/m0/s1. The van der Waals surface area contributed by atoms with Gasteiger partial charge in [-0.3, -0.25) is 9.35 Å². The lowest BCUT2D eigenvalue weighted by molar-refractivity contribution is -0.146. The van der Waals surface area contributed by atoms with Crippen molar-refractivity contribution in [3.63, 3.8) is 0 Å². The summed E-state index contributed by atoms with van der Waals surface area (Å²) in [6.45, 7) is 2.12. The molecule has 0 aromatic heterocycles. The Labute approximate surface area is 135 Å². The average Bonchev–Trinajstić information content (AvgIpc) is 2.51. The SMILES string of the molecule is CCCCOC(=O)[C@H](CCS(=O)(=O)O)NC(=O)c1ccccc1. The van der Waals surface area contributed by atoms with Crippen LogP contribution in [0.1, 0.15) is 36.5 Å². The number of unbranched alkanes of at least 4 members (excludes halogenated alkanes) is 1. The predicted molar refractivity (Wildman–Crippen MR) is 84.6 cm³/mol. The maximum absolute atomic E-state index is 12.1. The van der Waals surface area contributed by atoms with E-state index in [-0.39, 0.29) is 13.0 Å². The van der Waals surface area contributed by atoms with Crippen molar-refractivity contribution in [1.29, 1.82) is 0 Å². The van der Waals surface area contributed by atoms with Gasteiger partial charge in [0.25, 0.3) is 16.0 Å². The molecule has 23 heavy (non-hydrogen) atoms. The molecule has 0 unspecified atom stereocenters. The highest BCUT2D eigenvalue weighted by Crippen LogP contribution is 2.04. The topological polar surface area (TPSA) is 110 Å². The predicted octanol–water partition coefficient (Wildman–Crippen LogP) is 1.41. The first-order chi connectivity index (χ1) is 10.8. The quantitative estimate of drug-likeness (QED) is 0.398. The summed E-state index contributed by atoms with van der Waals surface area (Å²) in [4.78, 5) is 24.1. The summed E-state index contributed by atoms with van der Waals surface area (Å²) >= 11 is 0. The van der Waals surface area contributed by atoms with Crippen LogP contribution in [0.5, 0.6) is 0 Å². The van der Waals surface area contributed by atoms with Crippen molar-refractivity contribution in [3.05, 3.63) is 35.9 Å². The largest absolute Gasteiger partial charge is 0.464 e. The Morgan fingerprint density at radius 1 is 1.26 bits per heavy atom. The van der Waals surface area contributed by atoms with Crippen LogP contribution in [0.25, 0.3) is 0 Å². The molecule has 1 aromatic rings. The van der Waals surface area contributed by atoms with Crippen LogP contribution in [-0.4, -0.2) is 43.2 Å². The minimum absolute atomic E-state index is 0.193. The van der Waals surface area contributed by atoms with Crippen molar-refractivity contribution in [2.75, 3.05) is 12.4 Å². The minimum atomic E-state index is -4.24. The van der Waals surface area contributed by atoms with Crippen molar-refractivity contribution >= 4 is 22.0 Å². The van der Waals surface area contributed by atoms with Crippen LogP contribution < -0.4 is 5.32 Å². The highest BCUT2D eigenvalue weighted by atomic mass is 32.2. The van der Waals surface area contributed by atoms with Gasteiger partial charge in [0.15, 0.2) is 0 Å². The maximum Gasteiger partial charge on any atom is 0.328 e. The number of carbonyl (C=O) groups is 2. The van der Waals surface area contributed by atoms with Gasteiger partial charge in [-0.05, 0) is 25.0 Å². The van der Waals surface area contributed by atoms with Crippen LogP contribution in [0.2, 0.25) is 0 Å².